The van der Waals surface area contributed by atoms with Gasteiger partial charge < -0.3 is 4.98 Å². The molecule has 0 aliphatic heterocycles. The molecule has 0 unspecified atom stereocenters. The number of H-pyrrole nitrogens is 1. The molecule has 2 aromatic carbocycles. The van der Waals surface area contributed by atoms with Gasteiger partial charge in [0.15, 0.2) is 16.3 Å². The van der Waals surface area contributed by atoms with Crippen LogP contribution in [0.5, 0.6) is 0 Å². The predicted molar refractivity (Wildman–Crippen MR) is 105 cm³/mol. The van der Waals surface area contributed by atoms with Crippen molar-refractivity contribution in [2.24, 2.45) is 0 Å². The van der Waals surface area contributed by atoms with Crippen LogP contribution < -0.4 is 5.56 Å². The largest absolute Gasteiger partial charge is 0.311 e. The van der Waals surface area contributed by atoms with Gasteiger partial charge in [0.1, 0.15) is 0 Å². The highest BCUT2D eigenvalue weighted by atomic mass is 32.2. The van der Waals surface area contributed by atoms with Crippen LogP contribution in [0, 0.1) is 13.8 Å². The Balaban J connectivity index is 1.78. The van der Waals surface area contributed by atoms with E-state index in [9.17, 15) is 4.79 Å². The minimum absolute atomic E-state index is 0.224. The molecule has 2 aromatic heterocycles. The second-order valence-electron chi connectivity index (χ2n) is 6.24. The summed E-state index contributed by atoms with van der Waals surface area (Å²) >= 11 is 1.60. The monoisotopic (exact) mass is 362 g/mol. The van der Waals surface area contributed by atoms with E-state index in [0.717, 1.165) is 16.6 Å². The van der Waals surface area contributed by atoms with Crippen LogP contribution in [0.15, 0.2) is 64.8 Å². The van der Waals surface area contributed by atoms with Crippen molar-refractivity contribution in [3.63, 3.8) is 0 Å². The van der Waals surface area contributed by atoms with E-state index in [1.807, 2.05) is 35.8 Å². The highest BCUT2D eigenvalue weighted by molar-refractivity contribution is 7.98. The Morgan fingerprint density at radius 2 is 1.65 bits per heavy atom. The first kappa shape index (κ1) is 16.6. The number of nitrogens with one attached hydrogen (secondary N) is 1. The number of hydrogen-bond acceptors (Lipinski definition) is 4. The molecule has 6 heteroatoms. The third kappa shape index (κ3) is 3.15. The number of nitrogens with zero attached hydrogens (tertiary/aromatic N) is 3. The Bertz CT molecular complexity index is 1110. The second kappa shape index (κ2) is 6.80. The summed E-state index contributed by atoms with van der Waals surface area (Å²) in [7, 11) is 0. The molecule has 0 saturated carbocycles. The summed E-state index contributed by atoms with van der Waals surface area (Å²) in [4.78, 5) is 23.7. The van der Waals surface area contributed by atoms with E-state index in [4.69, 9.17) is 0 Å². The lowest BCUT2D eigenvalue weighted by atomic mass is 10.2. The third-order valence-electron chi connectivity index (χ3n) is 4.20. The summed E-state index contributed by atoms with van der Waals surface area (Å²) < 4.78 is 1.95. The lowest BCUT2D eigenvalue weighted by Crippen LogP contribution is -2.07. The molecular weight excluding hydrogens is 344 g/mol. The molecule has 130 valence electrons. The Labute approximate surface area is 155 Å². The zero-order valence-corrected chi connectivity index (χ0v) is 15.4. The molecule has 0 bridgehead atoms. The van der Waals surface area contributed by atoms with Crippen molar-refractivity contribution in [2.75, 3.05) is 0 Å². The molecule has 2 heterocycles. The van der Waals surface area contributed by atoms with Crippen LogP contribution in [-0.4, -0.2) is 19.5 Å². The van der Waals surface area contributed by atoms with Gasteiger partial charge in [-0.05, 0) is 31.5 Å². The van der Waals surface area contributed by atoms with E-state index in [1.165, 1.54) is 23.0 Å². The summed E-state index contributed by atoms with van der Waals surface area (Å²) in [5.41, 5.74) is 5.29. The van der Waals surface area contributed by atoms with Crippen molar-refractivity contribution >= 4 is 22.9 Å². The lowest BCUT2D eigenvalue weighted by molar-refractivity contribution is 0.907. The Morgan fingerprint density at radius 3 is 2.35 bits per heavy atom. The number of imidazole rings is 1. The van der Waals surface area contributed by atoms with Gasteiger partial charge in [0.2, 0.25) is 0 Å². The van der Waals surface area contributed by atoms with Crippen LogP contribution in [0.4, 0.5) is 0 Å². The molecule has 0 aliphatic carbocycles. The first-order chi connectivity index (χ1) is 12.6. The first-order valence-electron chi connectivity index (χ1n) is 8.33. The molecule has 5 nitrogen and oxygen atoms in total. The Hall–Kier alpha value is -2.86. The summed E-state index contributed by atoms with van der Waals surface area (Å²) in [5, 5.41) is 0.758. The number of fused-ring (bicyclic) bond motifs is 1. The van der Waals surface area contributed by atoms with Crippen LogP contribution in [-0.2, 0) is 5.75 Å². The zero-order chi connectivity index (χ0) is 18.1. The number of rotatable bonds is 4. The normalized spacial score (nSPS) is 11.2. The fourth-order valence-corrected chi connectivity index (χ4v) is 3.70. The van der Waals surface area contributed by atoms with E-state index in [-0.39, 0.29) is 5.56 Å². The van der Waals surface area contributed by atoms with E-state index < -0.39 is 0 Å². The van der Waals surface area contributed by atoms with E-state index in [0.29, 0.717) is 11.2 Å². The number of hydrogen-bond donors (Lipinski definition) is 1. The van der Waals surface area contributed by atoms with Crippen molar-refractivity contribution in [2.45, 2.75) is 24.8 Å². The van der Waals surface area contributed by atoms with Gasteiger partial charge in [-0.1, -0.05) is 59.3 Å². The number of aromatic nitrogens is 4. The van der Waals surface area contributed by atoms with Crippen molar-refractivity contribution < 1.29 is 0 Å². The summed E-state index contributed by atoms with van der Waals surface area (Å²) in [5.74, 6) is 0.771. The molecule has 0 radical (unpaired) electrons. The van der Waals surface area contributed by atoms with Crippen molar-refractivity contribution in [1.29, 1.82) is 0 Å². The smallest absolute Gasteiger partial charge is 0.278 e. The third-order valence-corrected chi connectivity index (χ3v) is 5.21. The molecular formula is C20H18N4OS. The molecule has 4 rings (SSSR count). The fourth-order valence-electron chi connectivity index (χ4n) is 2.74. The van der Waals surface area contributed by atoms with Crippen LogP contribution in [0.2, 0.25) is 0 Å². The van der Waals surface area contributed by atoms with Crippen LogP contribution >= 0.6 is 11.8 Å². The molecule has 4 aromatic rings. The maximum absolute atomic E-state index is 12.2. The summed E-state index contributed by atoms with van der Waals surface area (Å²) in [6, 6.07) is 16.6. The maximum atomic E-state index is 12.2. The maximum Gasteiger partial charge on any atom is 0.278 e. The quantitative estimate of drug-likeness (QED) is 0.557. The topological polar surface area (TPSA) is 63.6 Å². The molecule has 0 amide bonds. The standard InChI is InChI=1S/C20H18N4OS/c1-13-3-7-15(8-4-13)11-26-20-23-17-18(21-12-22-19(17)25)24(20)16-9-5-14(2)6-10-16/h3-10,12H,11H2,1-2H3,(H,21,22,25). The fraction of sp³-hybridized carbons (Fsp3) is 0.150. The number of benzene rings is 2. The molecule has 0 atom stereocenters. The summed E-state index contributed by atoms with van der Waals surface area (Å²) in [6.45, 7) is 4.12. The number of thioether (sulfide) groups is 1. The molecule has 26 heavy (non-hydrogen) atoms. The van der Waals surface area contributed by atoms with Crippen molar-refractivity contribution in [1.82, 2.24) is 19.5 Å². The second-order valence-corrected chi connectivity index (χ2v) is 7.19. The number of aryl methyl sites for hydroxylation is 2. The minimum atomic E-state index is -0.224. The minimum Gasteiger partial charge on any atom is -0.311 e. The van der Waals surface area contributed by atoms with Crippen molar-refractivity contribution in [3.8, 4) is 5.69 Å². The summed E-state index contributed by atoms with van der Waals surface area (Å²) in [6.07, 6.45) is 1.42. The molecule has 0 fully saturated rings. The highest BCUT2D eigenvalue weighted by Gasteiger charge is 2.16. The molecule has 1 N–H and O–H groups in total. The van der Waals surface area contributed by atoms with Gasteiger partial charge >= 0.3 is 0 Å². The molecule has 0 spiro atoms. The van der Waals surface area contributed by atoms with E-state index in [1.54, 1.807) is 11.8 Å². The SMILES string of the molecule is Cc1ccc(CSc2nc3c(=O)[nH]cnc3n2-c2ccc(C)cc2)cc1. The molecule has 0 saturated heterocycles. The Kier molecular flexibility index (Phi) is 4.34. The van der Waals surface area contributed by atoms with Gasteiger partial charge in [-0.3, -0.25) is 9.36 Å². The highest BCUT2D eigenvalue weighted by Crippen LogP contribution is 2.28. The van der Waals surface area contributed by atoms with Gasteiger partial charge in [0.05, 0.1) is 6.33 Å². The van der Waals surface area contributed by atoms with Gasteiger partial charge in [-0.15, -0.1) is 0 Å². The average Bonchev–Trinajstić information content (AvgIpc) is 3.02. The first-order valence-corrected chi connectivity index (χ1v) is 9.32. The van der Waals surface area contributed by atoms with E-state index >= 15 is 0 Å². The molecule has 0 aliphatic rings. The van der Waals surface area contributed by atoms with Crippen LogP contribution in [0.1, 0.15) is 16.7 Å². The average molecular weight is 362 g/mol. The zero-order valence-electron chi connectivity index (χ0n) is 14.6. The predicted octanol–water partition coefficient (Wildman–Crippen LogP) is 4.02. The van der Waals surface area contributed by atoms with Crippen LogP contribution in [0.3, 0.4) is 0 Å². The van der Waals surface area contributed by atoms with Gasteiger partial charge in [-0.25, -0.2) is 9.97 Å². The van der Waals surface area contributed by atoms with Gasteiger partial charge in [0, 0.05) is 11.4 Å². The van der Waals surface area contributed by atoms with Crippen LogP contribution in [0.25, 0.3) is 16.9 Å². The van der Waals surface area contributed by atoms with Gasteiger partial charge in [0.25, 0.3) is 5.56 Å². The van der Waals surface area contributed by atoms with Gasteiger partial charge in [-0.2, -0.15) is 0 Å². The lowest BCUT2D eigenvalue weighted by Gasteiger charge is -2.09. The number of aromatic amines is 1. The van der Waals surface area contributed by atoms with E-state index in [2.05, 4.69) is 46.1 Å². The van der Waals surface area contributed by atoms with Crippen molar-refractivity contribution in [3.05, 3.63) is 81.9 Å². The Morgan fingerprint density at radius 1 is 1.00 bits per heavy atom.